The average Bonchev–Trinajstić information content (AvgIpc) is 4.09. The van der Waals surface area contributed by atoms with Crippen molar-refractivity contribution in [1.82, 2.24) is 0 Å². The van der Waals surface area contributed by atoms with Crippen LogP contribution in [0.2, 0.25) is 0 Å². The molecule has 0 heterocycles. The van der Waals surface area contributed by atoms with E-state index in [4.69, 9.17) is 34.1 Å². The van der Waals surface area contributed by atoms with Gasteiger partial charge >= 0.3 is 75.7 Å². The van der Waals surface area contributed by atoms with E-state index in [0.29, 0.717) is 20.3 Å². The first-order valence-electron chi connectivity index (χ1n) is 23.9. The Labute approximate surface area is 436 Å². The molecular formula is C58H74Cl4SiZr2. The van der Waals surface area contributed by atoms with Crippen LogP contribution in [0, 0.1) is 23.9 Å². The minimum absolute atomic E-state index is 0.201. The van der Waals surface area contributed by atoms with Gasteiger partial charge in [-0.15, -0.1) is 69.1 Å². The van der Waals surface area contributed by atoms with Crippen LogP contribution in [-0.2, 0) is 65.4 Å². The number of benzene rings is 4. The zero-order valence-corrected chi connectivity index (χ0v) is 49.7. The van der Waals surface area contributed by atoms with E-state index in [1.807, 2.05) is 0 Å². The van der Waals surface area contributed by atoms with Crippen LogP contribution in [0.3, 0.4) is 0 Å². The third-order valence-corrected chi connectivity index (χ3v) is 13.8. The van der Waals surface area contributed by atoms with Crippen molar-refractivity contribution in [2.75, 3.05) is 0 Å². The molecule has 2 radical (unpaired) electrons. The fourth-order valence-electron chi connectivity index (χ4n) is 10.8. The molecule has 0 nitrogen and oxygen atoms in total. The molecule has 0 unspecified atom stereocenters. The van der Waals surface area contributed by atoms with Gasteiger partial charge in [-0.2, -0.15) is 12.1 Å². The van der Waals surface area contributed by atoms with E-state index < -0.39 is 41.7 Å². The third-order valence-electron chi connectivity index (χ3n) is 13.8. The van der Waals surface area contributed by atoms with Crippen LogP contribution in [0.15, 0.2) is 109 Å². The SMILES string of the molecule is CCCC1(Cc2cc3c(-c4ccc(C(C)(C)C)cc4)cccc3[cH-]2)CCCC1.CCCC1(Cc2cc3c(-c4ccc(C(C)(C)C)cc4)cccc3[cH-]2)CCCC1.[CH2-][Si][CH2-].[Cl][Zr+2][Cl].[Cl][Zr+2][Cl]. The summed E-state index contributed by atoms with van der Waals surface area (Å²) in [6.45, 7) is 25.2. The predicted molar refractivity (Wildman–Crippen MR) is 286 cm³/mol. The number of halogens is 4. The molecule has 2 aliphatic carbocycles. The molecule has 0 bridgehead atoms. The van der Waals surface area contributed by atoms with E-state index >= 15 is 0 Å². The van der Waals surface area contributed by atoms with Gasteiger partial charge in [-0.1, -0.05) is 166 Å². The molecule has 0 spiro atoms. The Balaban J connectivity index is 0.000000241. The molecule has 6 aromatic rings. The first kappa shape index (κ1) is 56.8. The summed E-state index contributed by atoms with van der Waals surface area (Å²) in [5.41, 5.74) is 12.8. The molecule has 7 heteroatoms. The van der Waals surface area contributed by atoms with Gasteiger partial charge in [-0.05, 0) is 95.3 Å². The molecular weight excluding hydrogens is 1050 g/mol. The minimum atomic E-state index is -0.826. The van der Waals surface area contributed by atoms with Crippen LogP contribution < -0.4 is 0 Å². The van der Waals surface area contributed by atoms with Crippen molar-refractivity contribution >= 4 is 65.1 Å². The molecule has 2 aliphatic rings. The van der Waals surface area contributed by atoms with Gasteiger partial charge in [0, 0.05) is 0 Å². The van der Waals surface area contributed by atoms with E-state index in [9.17, 15) is 0 Å². The van der Waals surface area contributed by atoms with Gasteiger partial charge in [0.2, 0.25) is 0 Å². The first-order chi connectivity index (χ1) is 31.0. The molecule has 2 saturated carbocycles. The van der Waals surface area contributed by atoms with E-state index in [0.717, 1.165) is 0 Å². The van der Waals surface area contributed by atoms with Crippen molar-refractivity contribution in [2.24, 2.45) is 10.8 Å². The van der Waals surface area contributed by atoms with Gasteiger partial charge in [0.15, 0.2) is 0 Å². The van der Waals surface area contributed by atoms with Crippen molar-refractivity contribution < 1.29 is 41.7 Å². The summed E-state index contributed by atoms with van der Waals surface area (Å²) in [5, 5.41) is 5.64. The Hall–Kier alpha value is -0.757. The molecule has 0 N–H and O–H groups in total. The third kappa shape index (κ3) is 16.7. The van der Waals surface area contributed by atoms with Crippen LogP contribution in [0.25, 0.3) is 43.8 Å². The van der Waals surface area contributed by atoms with Crippen LogP contribution in [-0.4, -0.2) is 9.52 Å². The normalized spacial score (nSPS) is 15.0. The molecule has 0 aromatic heterocycles. The summed E-state index contributed by atoms with van der Waals surface area (Å²) in [4.78, 5) is 0. The monoisotopic (exact) mass is 1120 g/mol. The molecule has 346 valence electrons. The molecule has 0 aliphatic heterocycles. The summed E-state index contributed by atoms with van der Waals surface area (Å²) in [6, 6.07) is 41.9. The average molecular weight is 1120 g/mol. The molecule has 2 fully saturated rings. The van der Waals surface area contributed by atoms with Gasteiger partial charge < -0.3 is 22.6 Å². The van der Waals surface area contributed by atoms with E-state index in [1.165, 1.54) is 145 Å². The summed E-state index contributed by atoms with van der Waals surface area (Å²) in [7, 11) is 20.3. The van der Waals surface area contributed by atoms with Crippen LogP contribution in [0.1, 0.15) is 155 Å². The Morgan fingerprint density at radius 1 is 0.538 bits per heavy atom. The van der Waals surface area contributed by atoms with Gasteiger partial charge in [0.1, 0.15) is 0 Å². The summed E-state index contributed by atoms with van der Waals surface area (Å²) < 4.78 is 0. The maximum absolute atomic E-state index is 4.93. The summed E-state index contributed by atoms with van der Waals surface area (Å²) in [5.74, 6) is 0. The zero-order chi connectivity index (χ0) is 47.7. The predicted octanol–water partition coefficient (Wildman–Crippen LogP) is 19.9. The van der Waals surface area contributed by atoms with Crippen LogP contribution >= 0.6 is 34.1 Å². The van der Waals surface area contributed by atoms with Crippen molar-refractivity contribution in [3.63, 3.8) is 0 Å². The topological polar surface area (TPSA) is 0 Å². The zero-order valence-electron chi connectivity index (χ0n) is 40.7. The Morgan fingerprint density at radius 3 is 1.12 bits per heavy atom. The van der Waals surface area contributed by atoms with Crippen molar-refractivity contribution in [1.29, 1.82) is 0 Å². The standard InChI is InChI=1S/2C28H35.C2H4Si.4ClH.2Zr/c2*1-5-15-28(16-6-7-17-28)20-21-18-23-9-8-10-25(26(23)19-21)22-11-13-24(14-12-22)27(2,3)4;1-3-2;;;;;;/h2*8-14,18-19H,5-7,15-17,20H2,1-4H3;1-2H2;4*1H;;/q2*-1;-2;;;;;2*+4/p-4. The fourth-order valence-corrected chi connectivity index (χ4v) is 10.8. The van der Waals surface area contributed by atoms with Crippen LogP contribution in [0.5, 0.6) is 0 Å². The number of rotatable bonds is 10. The first-order valence-corrected chi connectivity index (χ1v) is 37.9. The van der Waals surface area contributed by atoms with Gasteiger partial charge in [0.05, 0.1) is 0 Å². The van der Waals surface area contributed by atoms with Gasteiger partial charge in [-0.25, -0.2) is 0 Å². The van der Waals surface area contributed by atoms with Crippen LogP contribution in [0.4, 0.5) is 0 Å². The van der Waals surface area contributed by atoms with Crippen molar-refractivity contribution in [2.45, 2.75) is 156 Å². The second-order valence-corrected chi connectivity index (χ2v) is 28.6. The molecule has 0 atom stereocenters. The van der Waals surface area contributed by atoms with E-state index in [-0.39, 0.29) is 10.8 Å². The molecule has 0 amide bonds. The van der Waals surface area contributed by atoms with E-state index in [1.54, 1.807) is 11.1 Å². The number of fused-ring (bicyclic) bond motifs is 2. The molecule has 0 saturated heterocycles. The Bertz CT molecular complexity index is 2100. The second kappa shape index (κ2) is 27.6. The molecule has 65 heavy (non-hydrogen) atoms. The summed E-state index contributed by atoms with van der Waals surface area (Å²) >= 11 is -1.65. The fraction of sp³-hybridized carbons (Fsp3) is 0.448. The van der Waals surface area contributed by atoms with Gasteiger partial charge in [0.25, 0.3) is 0 Å². The Morgan fingerprint density at radius 2 is 0.846 bits per heavy atom. The van der Waals surface area contributed by atoms with Crippen molar-refractivity contribution in [3.8, 4) is 22.3 Å². The summed E-state index contributed by atoms with van der Waals surface area (Å²) in [6.07, 6.45) is 19.3. The molecule has 6 aromatic carbocycles. The number of hydrogen-bond donors (Lipinski definition) is 0. The second-order valence-electron chi connectivity index (χ2n) is 20.7. The maximum atomic E-state index is 4.93. The van der Waals surface area contributed by atoms with Gasteiger partial charge in [-0.3, -0.25) is 0 Å². The molecule has 8 rings (SSSR count). The Kier molecular flexibility index (Phi) is 24.1. The van der Waals surface area contributed by atoms with Crippen molar-refractivity contribution in [3.05, 3.63) is 145 Å². The quantitative estimate of drug-likeness (QED) is 0.0947. The number of hydrogen-bond acceptors (Lipinski definition) is 0. The van der Waals surface area contributed by atoms with E-state index in [2.05, 4.69) is 178 Å².